The van der Waals surface area contributed by atoms with Crippen molar-refractivity contribution in [2.75, 3.05) is 52.3 Å². The fourth-order valence-corrected chi connectivity index (χ4v) is 4.55. The fourth-order valence-electron chi connectivity index (χ4n) is 3.83. The molecule has 4 amide bonds. The summed E-state index contributed by atoms with van der Waals surface area (Å²) in [6.45, 7) is 1.30. The van der Waals surface area contributed by atoms with Crippen molar-refractivity contribution in [2.45, 2.75) is 19.3 Å². The SMILES string of the molecule is COCCN(CC(=O)Nc1nc(CC(=O)N2CCC(C(N)=O)CC2)cs1)C(=O)c1ccc(OC)cc1. The summed E-state index contributed by atoms with van der Waals surface area (Å²) in [4.78, 5) is 57.0. The molecule has 2 aromatic rings. The smallest absolute Gasteiger partial charge is 0.254 e. The molecule has 12 heteroatoms. The predicted octanol–water partition coefficient (Wildman–Crippen LogP) is 1.15. The Balaban J connectivity index is 1.54. The molecule has 1 fully saturated rings. The highest BCUT2D eigenvalue weighted by molar-refractivity contribution is 7.13. The second kappa shape index (κ2) is 13.0. The van der Waals surface area contributed by atoms with Crippen molar-refractivity contribution in [3.63, 3.8) is 0 Å². The molecule has 0 radical (unpaired) electrons. The normalized spacial score (nSPS) is 13.8. The number of rotatable bonds is 11. The van der Waals surface area contributed by atoms with Crippen LogP contribution < -0.4 is 15.8 Å². The fraction of sp³-hybridized carbons (Fsp3) is 0.458. The van der Waals surface area contributed by atoms with E-state index in [-0.39, 0.29) is 49.8 Å². The molecule has 3 N–H and O–H groups in total. The molecular formula is C24H31N5O6S. The van der Waals surface area contributed by atoms with Crippen LogP contribution in [0.1, 0.15) is 28.9 Å². The zero-order chi connectivity index (χ0) is 26.1. The second-order valence-electron chi connectivity index (χ2n) is 8.37. The number of ether oxygens (including phenoxy) is 2. The number of carbonyl (C=O) groups is 4. The lowest BCUT2D eigenvalue weighted by Crippen LogP contribution is -2.42. The summed E-state index contributed by atoms with van der Waals surface area (Å²) < 4.78 is 10.2. The minimum atomic E-state index is -0.409. The minimum Gasteiger partial charge on any atom is -0.497 e. The third-order valence-electron chi connectivity index (χ3n) is 5.90. The highest BCUT2D eigenvalue weighted by Crippen LogP contribution is 2.20. The van der Waals surface area contributed by atoms with Gasteiger partial charge in [0.25, 0.3) is 5.91 Å². The summed E-state index contributed by atoms with van der Waals surface area (Å²) >= 11 is 1.21. The van der Waals surface area contributed by atoms with Crippen LogP contribution in [0.3, 0.4) is 0 Å². The van der Waals surface area contributed by atoms with Gasteiger partial charge in [-0.25, -0.2) is 4.98 Å². The number of primary amides is 1. The average Bonchev–Trinajstić information content (AvgIpc) is 3.32. The molecule has 3 rings (SSSR count). The molecular weight excluding hydrogens is 486 g/mol. The van der Waals surface area contributed by atoms with Crippen LogP contribution in [0.5, 0.6) is 5.75 Å². The zero-order valence-electron chi connectivity index (χ0n) is 20.4. The standard InChI is InChI=1S/C24H31N5O6S/c1-34-12-11-29(23(33)17-3-5-19(35-2)6-4-17)14-20(30)27-24-26-18(15-36-24)13-21(31)28-9-7-16(8-10-28)22(25)32/h3-6,15-16H,7-14H2,1-2H3,(H2,25,32)(H,26,27,30). The van der Waals surface area contributed by atoms with Gasteiger partial charge < -0.3 is 30.3 Å². The van der Waals surface area contributed by atoms with Crippen LogP contribution in [-0.4, -0.2) is 85.4 Å². The number of nitrogens with one attached hydrogen (secondary N) is 1. The first-order valence-electron chi connectivity index (χ1n) is 11.5. The van der Waals surface area contributed by atoms with Gasteiger partial charge in [-0.2, -0.15) is 0 Å². The van der Waals surface area contributed by atoms with Crippen molar-refractivity contribution in [2.24, 2.45) is 11.7 Å². The third kappa shape index (κ3) is 7.49. The summed E-state index contributed by atoms with van der Waals surface area (Å²) in [5.74, 6) is -0.689. The number of carbonyl (C=O) groups excluding carboxylic acids is 4. The van der Waals surface area contributed by atoms with E-state index in [4.69, 9.17) is 15.2 Å². The number of benzene rings is 1. The first-order valence-corrected chi connectivity index (χ1v) is 12.4. The molecule has 194 valence electrons. The lowest BCUT2D eigenvalue weighted by molar-refractivity contribution is -0.134. The van der Waals surface area contributed by atoms with E-state index >= 15 is 0 Å². The van der Waals surface area contributed by atoms with E-state index in [0.717, 1.165) is 0 Å². The molecule has 0 saturated carbocycles. The number of piperidine rings is 1. The Morgan fingerprint density at radius 1 is 1.17 bits per heavy atom. The van der Waals surface area contributed by atoms with Crippen molar-refractivity contribution in [1.82, 2.24) is 14.8 Å². The van der Waals surface area contributed by atoms with Crippen LogP contribution in [0.25, 0.3) is 0 Å². The molecule has 1 saturated heterocycles. The summed E-state index contributed by atoms with van der Waals surface area (Å²) in [5.41, 5.74) is 6.32. The minimum absolute atomic E-state index is 0.0862. The number of amides is 4. The maximum absolute atomic E-state index is 12.9. The largest absolute Gasteiger partial charge is 0.497 e. The van der Waals surface area contributed by atoms with Crippen LogP contribution in [0.15, 0.2) is 29.6 Å². The predicted molar refractivity (Wildman–Crippen MR) is 134 cm³/mol. The molecule has 0 unspecified atom stereocenters. The van der Waals surface area contributed by atoms with Crippen LogP contribution >= 0.6 is 11.3 Å². The molecule has 11 nitrogen and oxygen atoms in total. The van der Waals surface area contributed by atoms with Crippen LogP contribution in [-0.2, 0) is 25.5 Å². The molecule has 0 atom stereocenters. The number of hydrogen-bond acceptors (Lipinski definition) is 8. The Labute approximate surface area is 213 Å². The van der Waals surface area contributed by atoms with Gasteiger partial charge in [0.15, 0.2) is 5.13 Å². The van der Waals surface area contributed by atoms with Gasteiger partial charge in [0.1, 0.15) is 12.3 Å². The number of aromatic nitrogens is 1. The summed E-state index contributed by atoms with van der Waals surface area (Å²) in [6, 6.07) is 6.64. The van der Waals surface area contributed by atoms with Gasteiger partial charge in [-0.15, -0.1) is 11.3 Å². The van der Waals surface area contributed by atoms with E-state index < -0.39 is 5.91 Å². The number of methoxy groups -OCH3 is 2. The van der Waals surface area contributed by atoms with Crippen molar-refractivity contribution in [3.05, 3.63) is 40.9 Å². The van der Waals surface area contributed by atoms with Crippen LogP contribution in [0.4, 0.5) is 5.13 Å². The summed E-state index contributed by atoms with van der Waals surface area (Å²) in [7, 11) is 3.06. The number of hydrogen-bond donors (Lipinski definition) is 2. The molecule has 0 bridgehead atoms. The number of nitrogens with two attached hydrogens (primary N) is 1. The molecule has 0 aliphatic carbocycles. The van der Waals surface area contributed by atoms with Gasteiger partial charge in [0.05, 0.1) is 25.8 Å². The van der Waals surface area contributed by atoms with Gasteiger partial charge >= 0.3 is 0 Å². The molecule has 36 heavy (non-hydrogen) atoms. The van der Waals surface area contributed by atoms with Crippen molar-refractivity contribution in [1.29, 1.82) is 0 Å². The highest BCUT2D eigenvalue weighted by atomic mass is 32.1. The first-order chi connectivity index (χ1) is 17.3. The molecule has 1 aliphatic heterocycles. The van der Waals surface area contributed by atoms with Crippen LogP contribution in [0.2, 0.25) is 0 Å². The van der Waals surface area contributed by atoms with E-state index in [2.05, 4.69) is 10.3 Å². The van der Waals surface area contributed by atoms with E-state index in [9.17, 15) is 19.2 Å². The highest BCUT2D eigenvalue weighted by Gasteiger charge is 2.26. The van der Waals surface area contributed by atoms with Crippen molar-refractivity contribution >= 4 is 40.1 Å². The summed E-state index contributed by atoms with van der Waals surface area (Å²) in [5, 5.41) is 4.77. The van der Waals surface area contributed by atoms with Gasteiger partial charge in [-0.3, -0.25) is 19.2 Å². The molecule has 2 heterocycles. The number of nitrogens with zero attached hydrogens (tertiary/aromatic N) is 3. The van der Waals surface area contributed by atoms with E-state index in [1.807, 2.05) is 0 Å². The maximum Gasteiger partial charge on any atom is 0.254 e. The first kappa shape index (κ1) is 27.1. The van der Waals surface area contributed by atoms with Gasteiger partial charge in [-0.05, 0) is 37.1 Å². The number of thiazole rings is 1. The lowest BCUT2D eigenvalue weighted by Gasteiger charge is -2.30. The van der Waals surface area contributed by atoms with Gasteiger partial charge in [0.2, 0.25) is 17.7 Å². The average molecular weight is 518 g/mol. The lowest BCUT2D eigenvalue weighted by atomic mass is 9.96. The Hall–Kier alpha value is -3.51. The topological polar surface area (TPSA) is 144 Å². The van der Waals surface area contributed by atoms with E-state index in [1.165, 1.54) is 23.3 Å². The zero-order valence-corrected chi connectivity index (χ0v) is 21.2. The second-order valence-corrected chi connectivity index (χ2v) is 9.23. The molecule has 1 aromatic heterocycles. The molecule has 1 aromatic carbocycles. The van der Waals surface area contributed by atoms with E-state index in [1.54, 1.807) is 41.7 Å². The molecule has 0 spiro atoms. The van der Waals surface area contributed by atoms with Crippen molar-refractivity contribution < 1.29 is 28.7 Å². The van der Waals surface area contributed by atoms with E-state index in [0.29, 0.717) is 48.1 Å². The Kier molecular flexibility index (Phi) is 9.77. The molecule has 1 aliphatic rings. The van der Waals surface area contributed by atoms with Crippen LogP contribution in [0, 0.1) is 5.92 Å². The maximum atomic E-state index is 12.9. The Bertz CT molecular complexity index is 1070. The quantitative estimate of drug-likeness (QED) is 0.455. The van der Waals surface area contributed by atoms with Crippen molar-refractivity contribution in [3.8, 4) is 5.75 Å². The number of likely N-dealkylation sites (tertiary alicyclic amines) is 1. The Morgan fingerprint density at radius 2 is 1.86 bits per heavy atom. The monoisotopic (exact) mass is 517 g/mol. The third-order valence-corrected chi connectivity index (χ3v) is 6.71. The summed E-state index contributed by atoms with van der Waals surface area (Å²) in [6.07, 6.45) is 1.23. The number of anilines is 1. The van der Waals surface area contributed by atoms with Gasteiger partial charge in [0, 0.05) is 43.6 Å². The van der Waals surface area contributed by atoms with Gasteiger partial charge in [-0.1, -0.05) is 0 Å². The Morgan fingerprint density at radius 3 is 2.47 bits per heavy atom.